The summed E-state index contributed by atoms with van der Waals surface area (Å²) in [4.78, 5) is 14.0. The summed E-state index contributed by atoms with van der Waals surface area (Å²) in [6.07, 6.45) is -3.31. The molecule has 0 radical (unpaired) electrons. The minimum Gasteiger partial charge on any atom is -0.377 e. The van der Waals surface area contributed by atoms with Crippen LogP contribution in [0.2, 0.25) is 0 Å². The zero-order chi connectivity index (χ0) is 17.3. The molecule has 1 unspecified atom stereocenters. The molecule has 0 bridgehead atoms. The van der Waals surface area contributed by atoms with Gasteiger partial charge in [-0.05, 0) is 19.1 Å². The Labute approximate surface area is 135 Å². The van der Waals surface area contributed by atoms with Crippen LogP contribution in [0.1, 0.15) is 23.0 Å². The number of hydrogen-bond acceptors (Lipinski definition) is 4. The Hall–Kier alpha value is -2.42. The monoisotopic (exact) mass is 340 g/mol. The Bertz CT molecular complexity index is 744. The second kappa shape index (κ2) is 6.23. The van der Waals surface area contributed by atoms with Gasteiger partial charge in [0.05, 0.1) is 36.7 Å². The van der Waals surface area contributed by atoms with E-state index < -0.39 is 11.7 Å². The number of aromatic nitrogens is 3. The molecule has 3 rings (SSSR count). The summed E-state index contributed by atoms with van der Waals surface area (Å²) in [5.41, 5.74) is -1.01. The average molecular weight is 340 g/mol. The van der Waals surface area contributed by atoms with Gasteiger partial charge in [0.1, 0.15) is 0 Å². The standard InChI is InChI=1S/C15H15F3N4O2/c1-10-9-24-7-6-21(10)14(23)12-8-22(20-19-12)13-5-3-2-4-11(13)15(16,17)18/h2-5,8,10H,6-7,9H2,1H3. The van der Waals surface area contributed by atoms with Gasteiger partial charge in [0.15, 0.2) is 5.69 Å². The van der Waals surface area contributed by atoms with Crippen molar-refractivity contribution in [2.75, 3.05) is 19.8 Å². The molecular weight excluding hydrogens is 325 g/mol. The number of carbonyl (C=O) groups is 1. The number of carbonyl (C=O) groups excluding carboxylic acids is 1. The van der Waals surface area contributed by atoms with E-state index in [-0.39, 0.29) is 23.3 Å². The van der Waals surface area contributed by atoms with Crippen LogP contribution < -0.4 is 0 Å². The minimum atomic E-state index is -4.52. The molecule has 0 N–H and O–H groups in total. The second-order valence-corrected chi connectivity index (χ2v) is 5.49. The number of hydrogen-bond donors (Lipinski definition) is 0. The van der Waals surface area contributed by atoms with Crippen LogP contribution in [0.25, 0.3) is 5.69 Å². The van der Waals surface area contributed by atoms with Gasteiger partial charge in [0.25, 0.3) is 5.91 Å². The molecule has 2 heterocycles. The van der Waals surface area contributed by atoms with Gasteiger partial charge in [-0.15, -0.1) is 5.10 Å². The van der Waals surface area contributed by atoms with E-state index in [2.05, 4.69) is 10.3 Å². The molecule has 1 aliphatic heterocycles. The summed E-state index contributed by atoms with van der Waals surface area (Å²) in [7, 11) is 0. The van der Waals surface area contributed by atoms with Crippen molar-refractivity contribution in [3.63, 3.8) is 0 Å². The lowest BCUT2D eigenvalue weighted by molar-refractivity contribution is -0.137. The van der Waals surface area contributed by atoms with Crippen LogP contribution in [0.5, 0.6) is 0 Å². The van der Waals surface area contributed by atoms with Gasteiger partial charge in [-0.25, -0.2) is 4.68 Å². The van der Waals surface area contributed by atoms with Crippen LogP contribution in [0.3, 0.4) is 0 Å². The number of para-hydroxylation sites is 1. The Balaban J connectivity index is 1.90. The first-order chi connectivity index (χ1) is 11.4. The number of halogens is 3. The topological polar surface area (TPSA) is 60.2 Å². The molecule has 0 aliphatic carbocycles. The minimum absolute atomic E-state index is 0.000674. The fraction of sp³-hybridized carbons (Fsp3) is 0.400. The van der Waals surface area contributed by atoms with Gasteiger partial charge < -0.3 is 9.64 Å². The van der Waals surface area contributed by atoms with Crippen LogP contribution >= 0.6 is 0 Å². The van der Waals surface area contributed by atoms with Crippen LogP contribution in [0, 0.1) is 0 Å². The van der Waals surface area contributed by atoms with Crippen molar-refractivity contribution in [2.24, 2.45) is 0 Å². The first kappa shape index (κ1) is 16.4. The summed E-state index contributed by atoms with van der Waals surface area (Å²) < 4.78 is 45.5. The molecule has 1 aromatic carbocycles. The Morgan fingerprint density at radius 2 is 2.08 bits per heavy atom. The van der Waals surface area contributed by atoms with E-state index in [0.717, 1.165) is 10.7 Å². The SMILES string of the molecule is CC1COCCN1C(=O)c1cn(-c2ccccc2C(F)(F)F)nn1. The lowest BCUT2D eigenvalue weighted by atomic mass is 10.1. The predicted octanol–water partition coefficient (Wildman–Crippen LogP) is 2.15. The van der Waals surface area contributed by atoms with Crippen molar-refractivity contribution in [3.8, 4) is 5.69 Å². The molecule has 1 aromatic heterocycles. The molecule has 2 aromatic rings. The van der Waals surface area contributed by atoms with Crippen molar-refractivity contribution < 1.29 is 22.7 Å². The quantitative estimate of drug-likeness (QED) is 0.840. The van der Waals surface area contributed by atoms with Crippen molar-refractivity contribution in [2.45, 2.75) is 19.1 Å². The highest BCUT2D eigenvalue weighted by atomic mass is 19.4. The molecule has 1 saturated heterocycles. The van der Waals surface area contributed by atoms with Crippen LogP contribution in [0.4, 0.5) is 13.2 Å². The molecule has 24 heavy (non-hydrogen) atoms. The number of ether oxygens (including phenoxy) is 1. The number of nitrogens with zero attached hydrogens (tertiary/aromatic N) is 4. The van der Waals surface area contributed by atoms with Crippen LogP contribution in [0.15, 0.2) is 30.5 Å². The van der Waals surface area contributed by atoms with Crippen molar-refractivity contribution in [1.82, 2.24) is 19.9 Å². The van der Waals surface area contributed by atoms with Gasteiger partial charge in [-0.2, -0.15) is 13.2 Å². The highest BCUT2D eigenvalue weighted by molar-refractivity contribution is 5.92. The van der Waals surface area contributed by atoms with Gasteiger partial charge in [-0.3, -0.25) is 4.79 Å². The maximum atomic E-state index is 13.1. The molecule has 9 heteroatoms. The molecule has 6 nitrogen and oxygen atoms in total. The molecule has 128 valence electrons. The summed E-state index contributed by atoms with van der Waals surface area (Å²) in [6.45, 7) is 3.07. The fourth-order valence-electron chi connectivity index (χ4n) is 2.57. The van der Waals surface area contributed by atoms with Gasteiger partial charge in [0, 0.05) is 6.54 Å². The maximum absolute atomic E-state index is 13.1. The Morgan fingerprint density at radius 3 is 2.79 bits per heavy atom. The van der Waals surface area contributed by atoms with E-state index >= 15 is 0 Å². The third kappa shape index (κ3) is 3.12. The molecular formula is C15H15F3N4O2. The number of morpholine rings is 1. The van der Waals surface area contributed by atoms with Crippen LogP contribution in [-0.2, 0) is 10.9 Å². The highest BCUT2D eigenvalue weighted by Crippen LogP contribution is 2.33. The smallest absolute Gasteiger partial charge is 0.377 e. The van der Waals surface area contributed by atoms with E-state index in [1.54, 1.807) is 4.90 Å². The second-order valence-electron chi connectivity index (χ2n) is 5.49. The summed E-state index contributed by atoms with van der Waals surface area (Å²) in [6, 6.07) is 4.88. The zero-order valence-electron chi connectivity index (χ0n) is 12.8. The van der Waals surface area contributed by atoms with E-state index in [1.165, 1.54) is 24.4 Å². The highest BCUT2D eigenvalue weighted by Gasteiger charge is 2.34. The zero-order valence-corrected chi connectivity index (χ0v) is 12.8. The number of alkyl halides is 3. The first-order valence-electron chi connectivity index (χ1n) is 7.35. The Morgan fingerprint density at radius 1 is 1.33 bits per heavy atom. The fourth-order valence-corrected chi connectivity index (χ4v) is 2.57. The lowest BCUT2D eigenvalue weighted by Gasteiger charge is -2.32. The molecule has 1 atom stereocenters. The lowest BCUT2D eigenvalue weighted by Crippen LogP contribution is -2.47. The van der Waals surface area contributed by atoms with Crippen LogP contribution in [-0.4, -0.2) is 51.6 Å². The number of rotatable bonds is 2. The molecule has 1 fully saturated rings. The summed E-state index contributed by atoms with van der Waals surface area (Å²) >= 11 is 0. The summed E-state index contributed by atoms with van der Waals surface area (Å²) in [5.74, 6) is -0.374. The molecule has 0 saturated carbocycles. The average Bonchev–Trinajstić information content (AvgIpc) is 3.04. The maximum Gasteiger partial charge on any atom is 0.418 e. The molecule has 1 aliphatic rings. The van der Waals surface area contributed by atoms with Gasteiger partial charge >= 0.3 is 6.18 Å². The third-order valence-electron chi connectivity index (χ3n) is 3.80. The van der Waals surface area contributed by atoms with E-state index in [0.29, 0.717) is 19.8 Å². The van der Waals surface area contributed by atoms with E-state index in [9.17, 15) is 18.0 Å². The van der Waals surface area contributed by atoms with Crippen molar-refractivity contribution in [3.05, 3.63) is 41.7 Å². The number of amides is 1. The predicted molar refractivity (Wildman–Crippen MR) is 77.7 cm³/mol. The third-order valence-corrected chi connectivity index (χ3v) is 3.80. The number of benzene rings is 1. The molecule has 1 amide bonds. The summed E-state index contributed by atoms with van der Waals surface area (Å²) in [5, 5.41) is 7.43. The van der Waals surface area contributed by atoms with E-state index in [4.69, 9.17) is 4.74 Å². The first-order valence-corrected chi connectivity index (χ1v) is 7.35. The van der Waals surface area contributed by atoms with Crippen molar-refractivity contribution in [1.29, 1.82) is 0 Å². The Kier molecular flexibility index (Phi) is 4.27. The largest absolute Gasteiger partial charge is 0.418 e. The van der Waals surface area contributed by atoms with Crippen molar-refractivity contribution >= 4 is 5.91 Å². The normalized spacial score (nSPS) is 18.7. The van der Waals surface area contributed by atoms with Gasteiger partial charge in [-0.1, -0.05) is 17.3 Å². The molecule has 0 spiro atoms. The van der Waals surface area contributed by atoms with Gasteiger partial charge in [0.2, 0.25) is 0 Å². The van der Waals surface area contributed by atoms with E-state index in [1.807, 2.05) is 6.92 Å².